The van der Waals surface area contributed by atoms with Gasteiger partial charge in [-0.25, -0.2) is 9.78 Å². The minimum Gasteiger partial charge on any atom is -0.494 e. The second-order valence-electron chi connectivity index (χ2n) is 16.7. The molecular formula is C43H48ClF3N8O5. The van der Waals surface area contributed by atoms with Gasteiger partial charge < -0.3 is 19.9 Å². The molecule has 4 aromatic rings. The fraction of sp³-hybridized carbons (Fsp3) is 0.488. The molecule has 318 valence electrons. The number of amides is 5. The number of benzene rings is 2. The standard InChI is InChI=1S/C43H48ClF3N8O5/c1-52(29-12-15-42(16-13-29)17-20-53(21-18-42)40(58)26-6-11-31(44)35(23-26)54-19-14-38(56)50-41(54)59)28-7-9-30(10-8-28)55-25-27-22-34(36(60-2)24-33(27)51-55)49-39(57)32-4-3-5-37(48-32)43(45,46)47/h3-6,11,22-25,28-30H,7-10,12-21H2,1-2H3,(H,49,57)(H,50,56,59)/t28-,30-. The number of likely N-dealkylation sites (tertiary alicyclic amines) is 1. The molecule has 0 bridgehead atoms. The Morgan fingerprint density at radius 1 is 0.950 bits per heavy atom. The van der Waals surface area contributed by atoms with E-state index in [0.29, 0.717) is 58.4 Å². The van der Waals surface area contributed by atoms with Crippen molar-refractivity contribution >= 4 is 57.6 Å². The Morgan fingerprint density at radius 2 is 1.67 bits per heavy atom. The van der Waals surface area contributed by atoms with Gasteiger partial charge in [-0.3, -0.25) is 29.3 Å². The van der Waals surface area contributed by atoms with Gasteiger partial charge in [0.25, 0.3) is 11.8 Å². The Morgan fingerprint density at radius 3 is 2.35 bits per heavy atom. The number of halogens is 4. The number of carbonyl (C=O) groups excluding carboxylic acids is 4. The van der Waals surface area contributed by atoms with Gasteiger partial charge in [0.2, 0.25) is 5.91 Å². The van der Waals surface area contributed by atoms with Crippen molar-refractivity contribution in [2.24, 2.45) is 5.41 Å². The molecule has 2 saturated heterocycles. The van der Waals surface area contributed by atoms with Crippen LogP contribution in [-0.4, -0.2) is 94.2 Å². The predicted octanol–water partition coefficient (Wildman–Crippen LogP) is 8.09. The summed E-state index contributed by atoms with van der Waals surface area (Å²) in [7, 11) is 3.72. The van der Waals surface area contributed by atoms with Gasteiger partial charge in [0, 0.05) is 61.4 Å². The van der Waals surface area contributed by atoms with Crippen molar-refractivity contribution in [2.75, 3.05) is 44.0 Å². The van der Waals surface area contributed by atoms with Crippen molar-refractivity contribution in [3.05, 3.63) is 76.7 Å². The van der Waals surface area contributed by atoms with Crippen LogP contribution in [0.5, 0.6) is 5.75 Å². The van der Waals surface area contributed by atoms with Crippen molar-refractivity contribution in [2.45, 2.75) is 94.9 Å². The van der Waals surface area contributed by atoms with Gasteiger partial charge in [-0.15, -0.1) is 0 Å². The summed E-state index contributed by atoms with van der Waals surface area (Å²) >= 11 is 6.42. The molecule has 0 unspecified atom stereocenters. The van der Waals surface area contributed by atoms with E-state index < -0.39 is 23.8 Å². The third kappa shape index (κ3) is 8.53. The fourth-order valence-electron chi connectivity index (χ4n) is 9.59. The molecule has 1 spiro atoms. The highest BCUT2D eigenvalue weighted by Gasteiger charge is 2.41. The number of nitrogens with one attached hydrogen (secondary N) is 2. The van der Waals surface area contributed by atoms with Crippen LogP contribution in [0.4, 0.5) is 29.3 Å². The summed E-state index contributed by atoms with van der Waals surface area (Å²) in [6.07, 6.45) is 7.90. The number of piperidine rings is 1. The maximum atomic E-state index is 13.6. The summed E-state index contributed by atoms with van der Waals surface area (Å²) in [4.78, 5) is 60.1. The third-order valence-electron chi connectivity index (χ3n) is 13.2. The smallest absolute Gasteiger partial charge is 0.433 e. The van der Waals surface area contributed by atoms with E-state index in [4.69, 9.17) is 21.4 Å². The molecule has 60 heavy (non-hydrogen) atoms. The number of carbonyl (C=O) groups is 4. The molecule has 0 radical (unpaired) electrons. The number of urea groups is 1. The molecule has 5 amide bonds. The molecule has 17 heteroatoms. The van der Waals surface area contributed by atoms with E-state index in [0.717, 1.165) is 81.7 Å². The molecule has 2 aliphatic heterocycles. The first-order chi connectivity index (χ1) is 28.7. The van der Waals surface area contributed by atoms with Crippen LogP contribution in [-0.2, 0) is 11.0 Å². The van der Waals surface area contributed by atoms with Crippen LogP contribution in [0.15, 0.2) is 54.7 Å². The first-order valence-corrected chi connectivity index (χ1v) is 20.9. The summed E-state index contributed by atoms with van der Waals surface area (Å²) in [6.45, 7) is 1.57. The maximum Gasteiger partial charge on any atom is 0.433 e. The zero-order valence-electron chi connectivity index (χ0n) is 33.6. The number of nitrogens with zero attached hydrogens (tertiary/aromatic N) is 6. The van der Waals surface area contributed by atoms with Crippen LogP contribution in [0.25, 0.3) is 10.9 Å². The van der Waals surface area contributed by atoms with Crippen LogP contribution in [0.2, 0.25) is 5.02 Å². The fourth-order valence-corrected chi connectivity index (χ4v) is 9.81. The van der Waals surface area contributed by atoms with Gasteiger partial charge in [0.15, 0.2) is 0 Å². The second kappa shape index (κ2) is 16.7. The van der Waals surface area contributed by atoms with E-state index in [-0.39, 0.29) is 41.9 Å². The highest BCUT2D eigenvalue weighted by Crippen LogP contribution is 2.47. The Hall–Kier alpha value is -5.22. The average molecular weight is 849 g/mol. The lowest BCUT2D eigenvalue weighted by Crippen LogP contribution is -2.50. The highest BCUT2D eigenvalue weighted by molar-refractivity contribution is 6.34. The normalized spacial score (nSPS) is 21.4. The van der Waals surface area contributed by atoms with E-state index in [1.807, 2.05) is 15.8 Å². The number of alkyl halides is 3. The Labute approximate surface area is 350 Å². The molecular weight excluding hydrogens is 801 g/mol. The first-order valence-electron chi connectivity index (χ1n) is 20.5. The van der Waals surface area contributed by atoms with Gasteiger partial charge in [-0.1, -0.05) is 17.7 Å². The molecule has 2 aliphatic carbocycles. The molecule has 8 rings (SSSR count). The second-order valence-corrected chi connectivity index (χ2v) is 17.1. The lowest BCUT2D eigenvalue weighted by atomic mass is 9.66. The molecule has 4 aliphatic rings. The van der Waals surface area contributed by atoms with Crippen LogP contribution in [0.1, 0.15) is 103 Å². The number of hydrogen-bond donors (Lipinski definition) is 2. The summed E-state index contributed by atoms with van der Waals surface area (Å²) in [5.74, 6) is -0.851. The van der Waals surface area contributed by atoms with Gasteiger partial charge in [-0.2, -0.15) is 18.3 Å². The number of pyridine rings is 1. The van der Waals surface area contributed by atoms with Crippen molar-refractivity contribution in [3.8, 4) is 5.75 Å². The molecule has 0 atom stereocenters. The first kappa shape index (κ1) is 41.5. The summed E-state index contributed by atoms with van der Waals surface area (Å²) in [6, 6.07) is 12.3. The van der Waals surface area contributed by atoms with Gasteiger partial charge >= 0.3 is 12.2 Å². The number of hydrogen-bond acceptors (Lipinski definition) is 8. The topological polar surface area (TPSA) is 142 Å². The third-order valence-corrected chi connectivity index (χ3v) is 13.5. The number of ether oxygens (including phenoxy) is 1. The van der Waals surface area contributed by atoms with E-state index >= 15 is 0 Å². The minimum absolute atomic E-state index is 0.0771. The summed E-state index contributed by atoms with van der Waals surface area (Å²) in [5, 5.41) is 10.9. The van der Waals surface area contributed by atoms with Crippen LogP contribution >= 0.6 is 11.6 Å². The lowest BCUT2D eigenvalue weighted by molar-refractivity contribution is -0.141. The molecule has 2 saturated carbocycles. The van der Waals surface area contributed by atoms with Crippen molar-refractivity contribution in [3.63, 3.8) is 0 Å². The average Bonchev–Trinajstić information content (AvgIpc) is 3.66. The maximum absolute atomic E-state index is 13.6. The summed E-state index contributed by atoms with van der Waals surface area (Å²) in [5.41, 5.74) is 0.636. The van der Waals surface area contributed by atoms with Gasteiger partial charge in [-0.05, 0) is 113 Å². The van der Waals surface area contributed by atoms with Gasteiger partial charge in [0.05, 0.1) is 35.1 Å². The monoisotopic (exact) mass is 848 g/mol. The molecule has 4 fully saturated rings. The van der Waals surface area contributed by atoms with Crippen LogP contribution < -0.4 is 20.3 Å². The van der Waals surface area contributed by atoms with E-state index in [1.165, 1.54) is 18.1 Å². The zero-order chi connectivity index (χ0) is 42.3. The SMILES string of the molecule is COc1cc2nn([C@H]3CC[C@H](N(C)C4CCC5(CC4)CCN(C(=O)c4ccc(Cl)c(N6CCC(=O)NC6=O)c4)CC5)CC3)cc2cc1NC(=O)c1cccc(C(F)(F)F)n1. The van der Waals surface area contributed by atoms with Crippen LogP contribution in [0, 0.1) is 5.41 Å². The predicted molar refractivity (Wildman–Crippen MR) is 219 cm³/mol. The number of aromatic nitrogens is 3. The summed E-state index contributed by atoms with van der Waals surface area (Å²) < 4.78 is 47.1. The van der Waals surface area contributed by atoms with Gasteiger partial charge in [0.1, 0.15) is 17.1 Å². The number of methoxy groups -OCH3 is 1. The van der Waals surface area contributed by atoms with Crippen molar-refractivity contribution < 1.29 is 37.1 Å². The molecule has 4 heterocycles. The lowest BCUT2D eigenvalue weighted by Gasteiger charge is -2.49. The number of anilines is 2. The minimum atomic E-state index is -4.67. The quantitative estimate of drug-likeness (QED) is 0.181. The number of imide groups is 1. The van der Waals surface area contributed by atoms with E-state index in [1.54, 1.807) is 30.3 Å². The Balaban J connectivity index is 0.824. The molecule has 2 aromatic heterocycles. The Kier molecular flexibility index (Phi) is 11.5. The highest BCUT2D eigenvalue weighted by atomic mass is 35.5. The molecule has 2 aromatic carbocycles. The van der Waals surface area contributed by atoms with Crippen molar-refractivity contribution in [1.82, 2.24) is 29.9 Å². The van der Waals surface area contributed by atoms with Crippen LogP contribution in [0.3, 0.4) is 0 Å². The Bertz CT molecular complexity index is 2290. The van der Waals surface area contributed by atoms with E-state index in [2.05, 4.69) is 27.6 Å². The van der Waals surface area contributed by atoms with E-state index in [9.17, 15) is 32.3 Å². The molecule has 13 nitrogen and oxygen atoms in total. The van der Waals surface area contributed by atoms with Crippen molar-refractivity contribution in [1.29, 1.82) is 0 Å². The number of rotatable bonds is 8. The number of fused-ring (bicyclic) bond motifs is 1. The molecule has 2 N–H and O–H groups in total. The zero-order valence-corrected chi connectivity index (χ0v) is 34.3. The largest absolute Gasteiger partial charge is 0.494 e.